The molecular weight excluding hydrogens is 370 g/mol. The number of nitrogens with zero attached hydrogens (tertiary/aromatic N) is 1. The third-order valence-electron chi connectivity index (χ3n) is 5.24. The number of rotatable bonds is 4. The molecule has 0 saturated carbocycles. The van der Waals surface area contributed by atoms with Crippen LogP contribution in [-0.4, -0.2) is 5.97 Å². The van der Waals surface area contributed by atoms with Crippen molar-refractivity contribution in [2.45, 2.75) is 6.54 Å². The Morgan fingerprint density at radius 3 is 2.07 bits per heavy atom. The Morgan fingerprint density at radius 2 is 1.33 bits per heavy atom. The molecule has 0 bridgehead atoms. The van der Waals surface area contributed by atoms with Crippen molar-refractivity contribution in [3.8, 4) is 16.9 Å². The molecule has 2 aromatic carbocycles. The minimum atomic E-state index is -0.364. The molecule has 30 heavy (non-hydrogen) atoms. The average Bonchev–Trinajstić information content (AvgIpc) is 3.02. The fourth-order valence-corrected chi connectivity index (χ4v) is 3.78. The molecule has 1 heterocycles. The van der Waals surface area contributed by atoms with Gasteiger partial charge in [-0.15, -0.1) is 0 Å². The second kappa shape index (κ2) is 7.80. The van der Waals surface area contributed by atoms with Gasteiger partial charge in [0.2, 0.25) is 5.52 Å². The van der Waals surface area contributed by atoms with E-state index < -0.39 is 0 Å². The Labute approximate surface area is 175 Å². The van der Waals surface area contributed by atoms with Crippen LogP contribution in [0.3, 0.4) is 0 Å². The Hall–Kier alpha value is -3.98. The maximum absolute atomic E-state index is 13.2. The molecule has 1 aromatic heterocycles. The molecule has 0 radical (unpaired) electrons. The van der Waals surface area contributed by atoms with E-state index in [9.17, 15) is 4.79 Å². The van der Waals surface area contributed by atoms with Gasteiger partial charge in [-0.3, -0.25) is 0 Å². The van der Waals surface area contributed by atoms with Gasteiger partial charge >= 0.3 is 5.97 Å². The van der Waals surface area contributed by atoms with Crippen molar-refractivity contribution in [2.75, 3.05) is 0 Å². The van der Waals surface area contributed by atoms with Crippen LogP contribution < -0.4 is 9.30 Å². The molecule has 144 valence electrons. The van der Waals surface area contributed by atoms with Crippen molar-refractivity contribution in [3.63, 3.8) is 0 Å². The molecule has 3 heteroatoms. The number of fused-ring (bicyclic) bond motifs is 2. The van der Waals surface area contributed by atoms with Gasteiger partial charge in [0.05, 0.1) is 0 Å². The molecule has 0 spiro atoms. The lowest BCUT2D eigenvalue weighted by atomic mass is 10.1. The van der Waals surface area contributed by atoms with Gasteiger partial charge in [-0.25, -0.2) is 4.79 Å². The zero-order valence-electron chi connectivity index (χ0n) is 16.4. The molecule has 0 saturated heterocycles. The number of carbonyl (C=O) groups is 1. The van der Waals surface area contributed by atoms with Gasteiger partial charge in [0.25, 0.3) is 5.69 Å². The summed E-state index contributed by atoms with van der Waals surface area (Å²) >= 11 is 0. The van der Waals surface area contributed by atoms with E-state index in [1.54, 1.807) is 0 Å². The van der Waals surface area contributed by atoms with E-state index >= 15 is 0 Å². The average molecular weight is 390 g/mol. The summed E-state index contributed by atoms with van der Waals surface area (Å²) in [5.41, 5.74) is 4.72. The molecule has 3 aromatic rings. The normalized spacial score (nSPS) is 10.9. The molecule has 2 aliphatic carbocycles. The van der Waals surface area contributed by atoms with Crippen LogP contribution in [0.1, 0.15) is 16.1 Å². The van der Waals surface area contributed by atoms with Gasteiger partial charge in [-0.05, 0) is 35.4 Å². The standard InChI is InChI=1S/C27H20NO2/c29-27(30-24-17-22-12-5-2-6-13-23(22)18-24)26-16-15-21-11-7-8-14-25(21)28(26)19-20-9-3-1-4-10-20/h1-18H,19H2/q+1. The molecule has 0 unspecified atom stereocenters. The fourth-order valence-electron chi connectivity index (χ4n) is 3.78. The third kappa shape index (κ3) is 3.53. The summed E-state index contributed by atoms with van der Waals surface area (Å²) in [4.78, 5) is 13.2. The first-order valence-electron chi connectivity index (χ1n) is 9.94. The molecule has 0 aliphatic heterocycles. The third-order valence-corrected chi connectivity index (χ3v) is 5.24. The highest BCUT2D eigenvalue weighted by molar-refractivity contribution is 5.90. The summed E-state index contributed by atoms with van der Waals surface area (Å²) in [6, 6.07) is 35.8. The number of benzene rings is 2. The second-order valence-electron chi connectivity index (χ2n) is 7.25. The van der Waals surface area contributed by atoms with E-state index in [1.165, 1.54) is 0 Å². The van der Waals surface area contributed by atoms with Crippen molar-refractivity contribution in [1.82, 2.24) is 0 Å². The Morgan fingerprint density at radius 1 is 0.700 bits per heavy atom. The first-order valence-corrected chi connectivity index (χ1v) is 9.94. The summed E-state index contributed by atoms with van der Waals surface area (Å²) in [5.74, 6) is 0.192. The van der Waals surface area contributed by atoms with Gasteiger partial charge < -0.3 is 4.74 Å². The van der Waals surface area contributed by atoms with E-state index in [2.05, 4.69) is 18.2 Å². The summed E-state index contributed by atoms with van der Waals surface area (Å²) in [5, 5.41) is 1.08. The highest BCUT2D eigenvalue weighted by Gasteiger charge is 2.25. The number of aromatic nitrogens is 1. The van der Waals surface area contributed by atoms with Crippen molar-refractivity contribution in [3.05, 3.63) is 120 Å². The Balaban J connectivity index is 1.55. The van der Waals surface area contributed by atoms with Crippen LogP contribution in [-0.2, 0) is 6.54 Å². The number of pyridine rings is 1. The zero-order chi connectivity index (χ0) is 20.3. The summed E-state index contributed by atoms with van der Waals surface area (Å²) < 4.78 is 7.81. The SMILES string of the molecule is O=C(Oc1cc2cccccc-2c1)c1ccc2ccccc2[n+]1Cc1ccccc1. The predicted molar refractivity (Wildman–Crippen MR) is 118 cm³/mol. The minimum absolute atomic E-state index is 0.364. The lowest BCUT2D eigenvalue weighted by Gasteiger charge is -2.07. The molecule has 5 rings (SSSR count). The van der Waals surface area contributed by atoms with Crippen LogP contribution >= 0.6 is 0 Å². The number of para-hydroxylation sites is 1. The molecule has 0 fully saturated rings. The Bertz CT molecular complexity index is 1280. The van der Waals surface area contributed by atoms with Gasteiger partial charge in [-0.2, -0.15) is 4.57 Å². The first kappa shape index (κ1) is 18.1. The number of esters is 1. The topological polar surface area (TPSA) is 30.2 Å². The van der Waals surface area contributed by atoms with Gasteiger partial charge in [0.15, 0.2) is 6.54 Å². The van der Waals surface area contributed by atoms with Crippen molar-refractivity contribution >= 4 is 16.9 Å². The van der Waals surface area contributed by atoms with Crippen LogP contribution in [0, 0.1) is 0 Å². The van der Waals surface area contributed by atoms with Gasteiger partial charge in [0, 0.05) is 23.1 Å². The van der Waals surface area contributed by atoms with E-state index in [-0.39, 0.29) is 5.97 Å². The highest BCUT2D eigenvalue weighted by Crippen LogP contribution is 2.30. The van der Waals surface area contributed by atoms with E-state index in [4.69, 9.17) is 4.74 Å². The van der Waals surface area contributed by atoms with E-state index in [1.807, 2.05) is 95.6 Å². The monoisotopic (exact) mass is 390 g/mol. The lowest BCUT2D eigenvalue weighted by Crippen LogP contribution is -2.42. The maximum Gasteiger partial charge on any atom is 0.409 e. The smallest absolute Gasteiger partial charge is 0.409 e. The summed E-state index contributed by atoms with van der Waals surface area (Å²) in [6.07, 6.45) is 0. The van der Waals surface area contributed by atoms with E-state index in [0.29, 0.717) is 18.0 Å². The van der Waals surface area contributed by atoms with Crippen LogP contribution in [0.5, 0.6) is 5.75 Å². The maximum atomic E-state index is 13.2. The van der Waals surface area contributed by atoms with Crippen LogP contribution in [0.2, 0.25) is 0 Å². The molecule has 0 N–H and O–H groups in total. The molecule has 2 aliphatic rings. The molecule has 3 nitrogen and oxygen atoms in total. The lowest BCUT2D eigenvalue weighted by molar-refractivity contribution is -0.664. The van der Waals surface area contributed by atoms with E-state index in [0.717, 1.165) is 27.6 Å². The Kier molecular flexibility index (Phi) is 4.70. The van der Waals surface area contributed by atoms with Gasteiger partial charge in [-0.1, -0.05) is 72.8 Å². The minimum Gasteiger partial charge on any atom is -0.419 e. The molecule has 0 amide bonds. The fraction of sp³-hybridized carbons (Fsp3) is 0.0370. The first-order chi connectivity index (χ1) is 14.8. The zero-order valence-corrected chi connectivity index (χ0v) is 16.4. The van der Waals surface area contributed by atoms with Crippen molar-refractivity contribution in [2.24, 2.45) is 0 Å². The second-order valence-corrected chi connectivity index (χ2v) is 7.25. The largest absolute Gasteiger partial charge is 0.419 e. The number of ether oxygens (including phenoxy) is 1. The van der Waals surface area contributed by atoms with Crippen molar-refractivity contribution < 1.29 is 14.1 Å². The van der Waals surface area contributed by atoms with Crippen LogP contribution in [0.25, 0.3) is 22.0 Å². The molecular formula is C27H20NO2+. The summed E-state index contributed by atoms with van der Waals surface area (Å²) in [6.45, 7) is 0.589. The number of hydrogen-bond acceptors (Lipinski definition) is 2. The number of carbonyl (C=O) groups excluding carboxylic acids is 1. The number of hydrogen-bond donors (Lipinski definition) is 0. The van der Waals surface area contributed by atoms with Gasteiger partial charge in [0.1, 0.15) is 5.75 Å². The van der Waals surface area contributed by atoms with Crippen LogP contribution in [0.4, 0.5) is 0 Å². The summed E-state index contributed by atoms with van der Waals surface area (Å²) in [7, 11) is 0. The highest BCUT2D eigenvalue weighted by atomic mass is 16.5. The van der Waals surface area contributed by atoms with Crippen LogP contribution in [0.15, 0.2) is 109 Å². The quantitative estimate of drug-likeness (QED) is 0.300. The van der Waals surface area contributed by atoms with Crippen molar-refractivity contribution in [1.29, 1.82) is 0 Å². The predicted octanol–water partition coefficient (Wildman–Crippen LogP) is 5.50. The molecule has 0 atom stereocenters.